The highest BCUT2D eigenvalue weighted by atomic mass is 32.2. The number of hydrazone groups is 1. The minimum Gasteiger partial charge on any atom is -0.505 e. The molecule has 3 N–H and O–H groups in total. The molecule has 0 saturated carbocycles. The van der Waals surface area contributed by atoms with E-state index < -0.39 is 10.1 Å². The fraction of sp³-hybridized carbons (Fsp3) is 0.0455. The number of anilines is 1. The molecule has 9 heteroatoms. The first-order valence-electron chi connectivity index (χ1n) is 9.08. The van der Waals surface area contributed by atoms with Crippen molar-refractivity contribution in [3.05, 3.63) is 83.4 Å². The van der Waals surface area contributed by atoms with E-state index in [1.165, 1.54) is 13.1 Å². The Morgan fingerprint density at radius 3 is 2.39 bits per heavy atom. The maximum Gasteiger partial charge on any atom is 0.294 e. The number of carbonyl (C=O) groups excluding carboxylic acids is 1. The number of hydrogen-bond donors (Lipinski definition) is 3. The van der Waals surface area contributed by atoms with Crippen LogP contribution in [0.15, 0.2) is 81.7 Å². The van der Waals surface area contributed by atoms with Crippen LogP contribution in [0.5, 0.6) is 5.75 Å². The molecular weight excluding hydrogens is 418 g/mol. The van der Waals surface area contributed by atoms with E-state index in [4.69, 9.17) is 0 Å². The Labute approximate surface area is 179 Å². The van der Waals surface area contributed by atoms with Gasteiger partial charge in [0.2, 0.25) is 0 Å². The number of nitrogens with one attached hydrogen (secondary N) is 1. The fourth-order valence-corrected chi connectivity index (χ4v) is 3.29. The van der Waals surface area contributed by atoms with Crippen molar-refractivity contribution in [2.24, 2.45) is 10.1 Å². The molecule has 0 aliphatic heterocycles. The number of aliphatic imine (C=N–C) groups is 1. The van der Waals surface area contributed by atoms with Gasteiger partial charge in [-0.3, -0.25) is 19.8 Å². The lowest BCUT2D eigenvalue weighted by atomic mass is 10.1. The molecule has 158 valence electrons. The fourth-order valence-electron chi connectivity index (χ4n) is 2.71. The van der Waals surface area contributed by atoms with Gasteiger partial charge in [0.05, 0.1) is 16.8 Å². The number of para-hydroxylation sites is 1. The molecule has 0 bridgehead atoms. The topological polar surface area (TPSA) is 128 Å². The maximum atomic E-state index is 11.5. The number of phenolic OH excluding ortho intramolecular Hbond substituents is 1. The maximum absolute atomic E-state index is 11.5. The van der Waals surface area contributed by atoms with Gasteiger partial charge in [0.25, 0.3) is 10.1 Å². The van der Waals surface area contributed by atoms with E-state index in [2.05, 4.69) is 15.5 Å². The van der Waals surface area contributed by atoms with Crippen molar-refractivity contribution in [3.8, 4) is 5.75 Å². The van der Waals surface area contributed by atoms with E-state index in [1.54, 1.807) is 48.5 Å². The Hall–Kier alpha value is -3.82. The molecule has 0 aliphatic rings. The first-order valence-corrected chi connectivity index (χ1v) is 10.5. The first kappa shape index (κ1) is 21.9. The van der Waals surface area contributed by atoms with Crippen LogP contribution >= 0.6 is 0 Å². The van der Waals surface area contributed by atoms with Crippen molar-refractivity contribution in [2.75, 3.05) is 5.43 Å². The molecule has 0 aliphatic carbocycles. The molecule has 0 atom stereocenters. The molecule has 0 amide bonds. The summed E-state index contributed by atoms with van der Waals surface area (Å²) < 4.78 is 32.3. The number of rotatable bonds is 7. The molecule has 31 heavy (non-hydrogen) atoms. The zero-order valence-electron chi connectivity index (χ0n) is 16.4. The highest BCUT2D eigenvalue weighted by molar-refractivity contribution is 7.85. The number of benzene rings is 3. The predicted octanol–water partition coefficient (Wildman–Crippen LogP) is 3.98. The van der Waals surface area contributed by atoms with Crippen molar-refractivity contribution in [2.45, 2.75) is 11.8 Å². The summed E-state index contributed by atoms with van der Waals surface area (Å²) in [5.41, 5.74) is 4.97. The lowest BCUT2D eigenvalue weighted by Gasteiger charge is -2.08. The van der Waals surface area contributed by atoms with Crippen molar-refractivity contribution in [3.63, 3.8) is 0 Å². The van der Waals surface area contributed by atoms with Crippen LogP contribution in [-0.4, -0.2) is 36.3 Å². The quantitative estimate of drug-likeness (QED) is 0.222. The van der Waals surface area contributed by atoms with Crippen LogP contribution in [0.4, 0.5) is 11.4 Å². The summed E-state index contributed by atoms with van der Waals surface area (Å²) in [6, 6.07) is 18.0. The van der Waals surface area contributed by atoms with E-state index >= 15 is 0 Å². The van der Waals surface area contributed by atoms with Gasteiger partial charge in [-0.25, -0.2) is 0 Å². The molecular formula is C22H19N3O5S. The van der Waals surface area contributed by atoms with Crippen molar-refractivity contribution in [1.29, 1.82) is 0 Å². The summed E-state index contributed by atoms with van der Waals surface area (Å²) in [6.07, 6.45) is 2.05. The number of phenols is 1. The van der Waals surface area contributed by atoms with Gasteiger partial charge in [0.15, 0.2) is 6.29 Å². The number of aryl methyl sites for hydroxylation is 1. The van der Waals surface area contributed by atoms with E-state index in [-0.39, 0.29) is 21.9 Å². The van der Waals surface area contributed by atoms with Crippen LogP contribution in [0, 0.1) is 6.92 Å². The summed E-state index contributed by atoms with van der Waals surface area (Å²) in [6.45, 7) is 1.49. The van der Waals surface area contributed by atoms with Gasteiger partial charge in [-0.1, -0.05) is 42.5 Å². The van der Waals surface area contributed by atoms with Gasteiger partial charge in [0.1, 0.15) is 17.1 Å². The molecule has 0 saturated heterocycles. The highest BCUT2D eigenvalue weighted by Gasteiger charge is 2.15. The summed E-state index contributed by atoms with van der Waals surface area (Å²) in [5, 5.41) is 14.6. The zero-order chi connectivity index (χ0) is 22.4. The van der Waals surface area contributed by atoms with Gasteiger partial charge >= 0.3 is 0 Å². The van der Waals surface area contributed by atoms with Gasteiger partial charge in [-0.15, -0.1) is 0 Å². The molecule has 0 aromatic heterocycles. The standard InChI is InChI=1S/C22H19N3O5S/c1-15-11-18(31(28,29)30)12-20(22(15)27)23-13-21(16-7-3-2-4-8-16)25-24-19-10-6-5-9-17(19)14-26/h2-14,24,27H,1H3,(H,28,29,30). The number of hydrogen-bond acceptors (Lipinski definition) is 7. The second-order valence-electron chi connectivity index (χ2n) is 6.52. The van der Waals surface area contributed by atoms with Crippen LogP contribution in [0.1, 0.15) is 21.5 Å². The summed E-state index contributed by atoms with van der Waals surface area (Å²) in [7, 11) is -4.47. The number of aldehydes is 1. The smallest absolute Gasteiger partial charge is 0.294 e. The number of nitrogens with zero attached hydrogens (tertiary/aromatic N) is 2. The van der Waals surface area contributed by atoms with Gasteiger partial charge < -0.3 is 5.11 Å². The minimum atomic E-state index is -4.47. The van der Waals surface area contributed by atoms with Crippen molar-refractivity contribution >= 4 is 39.7 Å². The molecule has 0 radical (unpaired) electrons. The largest absolute Gasteiger partial charge is 0.505 e. The summed E-state index contributed by atoms with van der Waals surface area (Å²) >= 11 is 0. The molecule has 3 rings (SSSR count). The van der Waals surface area contributed by atoms with Crippen molar-refractivity contribution in [1.82, 2.24) is 0 Å². The van der Waals surface area contributed by atoms with E-state index in [9.17, 15) is 22.9 Å². The molecule has 0 unspecified atom stereocenters. The van der Waals surface area contributed by atoms with E-state index in [1.807, 2.05) is 6.07 Å². The molecule has 0 spiro atoms. The third-order valence-corrected chi connectivity index (χ3v) is 5.16. The van der Waals surface area contributed by atoms with Crippen LogP contribution in [0.25, 0.3) is 0 Å². The van der Waals surface area contributed by atoms with Crippen molar-refractivity contribution < 1.29 is 22.9 Å². The predicted molar refractivity (Wildman–Crippen MR) is 119 cm³/mol. The normalized spacial score (nSPS) is 12.1. The number of carbonyl (C=O) groups is 1. The Morgan fingerprint density at radius 2 is 1.71 bits per heavy atom. The SMILES string of the molecule is Cc1cc(S(=O)(=O)O)cc(N=CC(=NNc2ccccc2C=O)c2ccccc2)c1O. The Bertz CT molecular complexity index is 1270. The van der Waals surface area contributed by atoms with Crippen LogP contribution in [0.2, 0.25) is 0 Å². The van der Waals surface area contributed by atoms with Crippen LogP contribution < -0.4 is 5.43 Å². The second kappa shape index (κ2) is 9.33. The lowest BCUT2D eigenvalue weighted by molar-refractivity contribution is 0.112. The van der Waals surface area contributed by atoms with Gasteiger partial charge in [0, 0.05) is 11.1 Å². The zero-order valence-corrected chi connectivity index (χ0v) is 17.2. The second-order valence-corrected chi connectivity index (χ2v) is 7.94. The van der Waals surface area contributed by atoms with Gasteiger partial charge in [-0.05, 0) is 36.8 Å². The summed E-state index contributed by atoms with van der Waals surface area (Å²) in [4.78, 5) is 15.0. The summed E-state index contributed by atoms with van der Waals surface area (Å²) in [5.74, 6) is -0.227. The molecule has 3 aromatic rings. The minimum absolute atomic E-state index is 0.0513. The molecule has 3 aromatic carbocycles. The average Bonchev–Trinajstić information content (AvgIpc) is 2.76. The van der Waals surface area contributed by atoms with Crippen LogP contribution in [-0.2, 0) is 10.1 Å². The third-order valence-electron chi connectivity index (χ3n) is 4.33. The lowest BCUT2D eigenvalue weighted by Crippen LogP contribution is -2.07. The Balaban J connectivity index is 2.03. The highest BCUT2D eigenvalue weighted by Crippen LogP contribution is 2.32. The van der Waals surface area contributed by atoms with Gasteiger partial charge in [-0.2, -0.15) is 13.5 Å². The average molecular weight is 437 g/mol. The number of aromatic hydroxyl groups is 1. The molecule has 0 fully saturated rings. The van der Waals surface area contributed by atoms with E-state index in [0.717, 1.165) is 12.1 Å². The first-order chi connectivity index (χ1) is 14.8. The Morgan fingerprint density at radius 1 is 1.03 bits per heavy atom. The molecule has 0 heterocycles. The van der Waals surface area contributed by atoms with Crippen LogP contribution in [0.3, 0.4) is 0 Å². The monoisotopic (exact) mass is 437 g/mol. The molecule has 8 nitrogen and oxygen atoms in total. The van der Waals surface area contributed by atoms with E-state index in [0.29, 0.717) is 28.8 Å². The third kappa shape index (κ3) is 5.41. The Kier molecular flexibility index (Phi) is 6.58.